The highest BCUT2D eigenvalue weighted by atomic mass is 16.5. The minimum Gasteiger partial charge on any atom is -0.487 e. The summed E-state index contributed by atoms with van der Waals surface area (Å²) in [4.78, 5) is 2.54. The molecule has 25 heavy (non-hydrogen) atoms. The van der Waals surface area contributed by atoms with E-state index in [0.29, 0.717) is 6.04 Å². The van der Waals surface area contributed by atoms with Crippen molar-refractivity contribution >= 4 is 0 Å². The summed E-state index contributed by atoms with van der Waals surface area (Å²) >= 11 is 0. The maximum atomic E-state index is 6.19. The zero-order valence-corrected chi connectivity index (χ0v) is 15.3. The van der Waals surface area contributed by atoms with Crippen LogP contribution in [0, 0.1) is 0 Å². The standard InChI is InChI=1S/C22H28N2O/c1-22(2)13-18-9-6-10-19(21(18)25-22)14-23-20-11-12-24(16-20)15-17-7-4-3-5-8-17/h3-10,20,23H,11-16H2,1-2H3. The van der Waals surface area contributed by atoms with Crippen LogP contribution < -0.4 is 10.1 Å². The molecule has 0 aromatic heterocycles. The molecule has 3 nitrogen and oxygen atoms in total. The van der Waals surface area contributed by atoms with Gasteiger partial charge in [0, 0.05) is 44.2 Å². The number of hydrogen-bond donors (Lipinski definition) is 1. The average molecular weight is 336 g/mol. The van der Waals surface area contributed by atoms with Crippen molar-refractivity contribution in [2.24, 2.45) is 0 Å². The Morgan fingerprint density at radius 1 is 1.12 bits per heavy atom. The van der Waals surface area contributed by atoms with Gasteiger partial charge in [-0.2, -0.15) is 0 Å². The number of benzene rings is 2. The minimum absolute atomic E-state index is 0.0712. The topological polar surface area (TPSA) is 24.5 Å². The summed E-state index contributed by atoms with van der Waals surface area (Å²) in [6.45, 7) is 8.57. The molecule has 2 aromatic rings. The van der Waals surface area contributed by atoms with Crippen LogP contribution in [0.3, 0.4) is 0 Å². The molecular weight excluding hydrogens is 308 g/mol. The number of nitrogens with one attached hydrogen (secondary N) is 1. The van der Waals surface area contributed by atoms with Gasteiger partial charge < -0.3 is 10.1 Å². The number of fused-ring (bicyclic) bond motifs is 1. The highest BCUT2D eigenvalue weighted by Crippen LogP contribution is 2.37. The van der Waals surface area contributed by atoms with E-state index in [9.17, 15) is 0 Å². The maximum Gasteiger partial charge on any atom is 0.127 e. The lowest BCUT2D eigenvalue weighted by molar-refractivity contribution is 0.137. The third kappa shape index (κ3) is 3.88. The first kappa shape index (κ1) is 16.6. The molecule has 2 aromatic carbocycles. The summed E-state index contributed by atoms with van der Waals surface area (Å²) in [5.41, 5.74) is 3.98. The zero-order valence-electron chi connectivity index (χ0n) is 15.3. The van der Waals surface area contributed by atoms with E-state index in [4.69, 9.17) is 4.74 Å². The number of hydrogen-bond acceptors (Lipinski definition) is 3. The molecule has 0 saturated carbocycles. The molecule has 0 bridgehead atoms. The molecule has 0 radical (unpaired) electrons. The zero-order chi connectivity index (χ0) is 17.3. The smallest absolute Gasteiger partial charge is 0.127 e. The van der Waals surface area contributed by atoms with E-state index < -0.39 is 0 Å². The van der Waals surface area contributed by atoms with E-state index in [2.05, 4.69) is 72.6 Å². The number of ether oxygens (including phenoxy) is 1. The molecule has 2 aliphatic heterocycles. The third-order valence-corrected chi connectivity index (χ3v) is 5.28. The number of likely N-dealkylation sites (tertiary alicyclic amines) is 1. The van der Waals surface area contributed by atoms with Gasteiger partial charge in [-0.05, 0) is 31.4 Å². The average Bonchev–Trinajstić information content (AvgIpc) is 3.16. The Bertz CT molecular complexity index is 726. The first-order valence-corrected chi connectivity index (χ1v) is 9.38. The van der Waals surface area contributed by atoms with E-state index in [1.165, 1.54) is 29.7 Å². The van der Waals surface area contributed by atoms with Gasteiger partial charge in [0.2, 0.25) is 0 Å². The molecule has 3 heteroatoms. The summed E-state index contributed by atoms with van der Waals surface area (Å²) in [5.74, 6) is 1.11. The fourth-order valence-corrected chi connectivity index (χ4v) is 4.06. The molecule has 132 valence electrons. The summed E-state index contributed by atoms with van der Waals surface area (Å²) < 4.78 is 6.19. The van der Waals surface area contributed by atoms with Crippen molar-refractivity contribution in [3.63, 3.8) is 0 Å². The van der Waals surface area contributed by atoms with Crippen molar-refractivity contribution in [2.75, 3.05) is 13.1 Å². The quantitative estimate of drug-likeness (QED) is 0.900. The Kier molecular flexibility index (Phi) is 4.53. The predicted molar refractivity (Wildman–Crippen MR) is 102 cm³/mol. The van der Waals surface area contributed by atoms with Gasteiger partial charge in [0.25, 0.3) is 0 Å². The molecule has 1 unspecified atom stereocenters. The lowest BCUT2D eigenvalue weighted by atomic mass is 10.0. The van der Waals surface area contributed by atoms with Crippen LogP contribution in [0.4, 0.5) is 0 Å². The van der Waals surface area contributed by atoms with Gasteiger partial charge in [-0.3, -0.25) is 4.90 Å². The number of para-hydroxylation sites is 1. The van der Waals surface area contributed by atoms with Crippen LogP contribution in [0.2, 0.25) is 0 Å². The predicted octanol–water partition coefficient (Wildman–Crippen LogP) is 3.76. The largest absolute Gasteiger partial charge is 0.487 e. The molecule has 2 aliphatic rings. The Morgan fingerprint density at radius 2 is 1.96 bits per heavy atom. The fraction of sp³-hybridized carbons (Fsp3) is 0.455. The lowest BCUT2D eigenvalue weighted by Gasteiger charge is -2.19. The number of rotatable bonds is 5. The Balaban J connectivity index is 1.32. The van der Waals surface area contributed by atoms with Gasteiger partial charge >= 0.3 is 0 Å². The van der Waals surface area contributed by atoms with Crippen LogP contribution in [0.5, 0.6) is 5.75 Å². The lowest BCUT2D eigenvalue weighted by Crippen LogP contribution is -2.32. The molecular formula is C22H28N2O. The van der Waals surface area contributed by atoms with E-state index in [1.807, 2.05) is 0 Å². The van der Waals surface area contributed by atoms with Crippen molar-refractivity contribution in [1.82, 2.24) is 10.2 Å². The molecule has 0 spiro atoms. The van der Waals surface area contributed by atoms with Crippen molar-refractivity contribution in [1.29, 1.82) is 0 Å². The van der Waals surface area contributed by atoms with Crippen LogP contribution in [0.25, 0.3) is 0 Å². The van der Waals surface area contributed by atoms with Gasteiger partial charge in [0.05, 0.1) is 0 Å². The molecule has 2 heterocycles. The van der Waals surface area contributed by atoms with Crippen LogP contribution in [-0.2, 0) is 19.5 Å². The van der Waals surface area contributed by atoms with E-state index in [1.54, 1.807) is 0 Å². The van der Waals surface area contributed by atoms with E-state index >= 15 is 0 Å². The molecule has 1 fully saturated rings. The van der Waals surface area contributed by atoms with Gasteiger partial charge in [-0.15, -0.1) is 0 Å². The molecule has 4 rings (SSSR count). The molecule has 0 amide bonds. The molecule has 1 atom stereocenters. The first-order valence-electron chi connectivity index (χ1n) is 9.38. The summed E-state index contributed by atoms with van der Waals surface area (Å²) in [6, 6.07) is 17.9. The van der Waals surface area contributed by atoms with Crippen molar-refractivity contribution in [3.8, 4) is 5.75 Å². The minimum atomic E-state index is -0.0712. The second-order valence-electron chi connectivity index (χ2n) is 8.03. The fourth-order valence-electron chi connectivity index (χ4n) is 4.06. The van der Waals surface area contributed by atoms with Crippen LogP contribution in [-0.4, -0.2) is 29.6 Å². The van der Waals surface area contributed by atoms with Crippen molar-refractivity contribution in [2.45, 2.75) is 51.4 Å². The van der Waals surface area contributed by atoms with Gasteiger partial charge in [0.15, 0.2) is 0 Å². The van der Waals surface area contributed by atoms with Crippen molar-refractivity contribution in [3.05, 3.63) is 65.2 Å². The van der Waals surface area contributed by atoms with Gasteiger partial charge in [-0.1, -0.05) is 48.5 Å². The third-order valence-electron chi connectivity index (χ3n) is 5.28. The summed E-state index contributed by atoms with van der Waals surface area (Å²) in [5, 5.41) is 3.75. The van der Waals surface area contributed by atoms with Crippen LogP contribution in [0.1, 0.15) is 37.0 Å². The van der Waals surface area contributed by atoms with Crippen LogP contribution in [0.15, 0.2) is 48.5 Å². The first-order chi connectivity index (χ1) is 12.1. The monoisotopic (exact) mass is 336 g/mol. The Labute approximate surface area is 151 Å². The number of nitrogens with zero attached hydrogens (tertiary/aromatic N) is 1. The molecule has 1 N–H and O–H groups in total. The summed E-state index contributed by atoms with van der Waals surface area (Å²) in [6.07, 6.45) is 2.22. The van der Waals surface area contributed by atoms with E-state index in [-0.39, 0.29) is 5.60 Å². The van der Waals surface area contributed by atoms with Gasteiger partial charge in [0.1, 0.15) is 11.4 Å². The second kappa shape index (κ2) is 6.81. The van der Waals surface area contributed by atoms with Crippen LogP contribution >= 0.6 is 0 Å². The Morgan fingerprint density at radius 3 is 2.80 bits per heavy atom. The van der Waals surface area contributed by atoms with E-state index in [0.717, 1.165) is 31.8 Å². The SMILES string of the molecule is CC1(C)Cc2cccc(CNC3CCN(Cc4ccccc4)C3)c2O1. The van der Waals surface area contributed by atoms with Gasteiger partial charge in [-0.25, -0.2) is 0 Å². The summed E-state index contributed by atoms with van der Waals surface area (Å²) in [7, 11) is 0. The highest BCUT2D eigenvalue weighted by Gasteiger charge is 2.31. The second-order valence-corrected chi connectivity index (χ2v) is 8.03. The maximum absolute atomic E-state index is 6.19. The molecule has 1 saturated heterocycles. The highest BCUT2D eigenvalue weighted by molar-refractivity contribution is 5.45. The molecule has 0 aliphatic carbocycles. The normalized spacial score (nSPS) is 21.9. The van der Waals surface area contributed by atoms with Crippen molar-refractivity contribution < 1.29 is 4.74 Å². The Hall–Kier alpha value is -1.84.